The Labute approximate surface area is 121 Å². The molecule has 20 heavy (non-hydrogen) atoms. The Morgan fingerprint density at radius 1 is 1.30 bits per heavy atom. The number of benzene rings is 1. The van der Waals surface area contributed by atoms with Crippen LogP contribution in [-0.4, -0.2) is 9.38 Å². The summed E-state index contributed by atoms with van der Waals surface area (Å²) in [6, 6.07) is 4.79. The van der Waals surface area contributed by atoms with Crippen molar-refractivity contribution >= 4 is 22.0 Å². The van der Waals surface area contributed by atoms with Crippen molar-refractivity contribution in [3.05, 3.63) is 52.0 Å². The first-order valence-corrected chi connectivity index (χ1v) is 7.30. The summed E-state index contributed by atoms with van der Waals surface area (Å²) in [5.74, 6) is -0.223. The van der Waals surface area contributed by atoms with Gasteiger partial charge in [0.25, 0.3) is 0 Å². The topological polar surface area (TPSA) is 29.3 Å². The molecule has 3 nitrogen and oxygen atoms in total. The molecular formula is C15H16FN3S. The van der Waals surface area contributed by atoms with Gasteiger partial charge in [0.2, 0.25) is 0 Å². The Hall–Kier alpha value is -1.88. The van der Waals surface area contributed by atoms with E-state index in [-0.39, 0.29) is 5.82 Å². The lowest BCUT2D eigenvalue weighted by molar-refractivity contribution is 0.627. The summed E-state index contributed by atoms with van der Waals surface area (Å²) in [7, 11) is 0. The molecule has 0 spiro atoms. The summed E-state index contributed by atoms with van der Waals surface area (Å²) in [4.78, 5) is 6.79. The molecule has 0 unspecified atom stereocenters. The highest BCUT2D eigenvalue weighted by Crippen LogP contribution is 2.22. The SMILES string of the molecule is Cc1cn2c(CNc3cc(F)ccc3C)c(C)nc2s1. The van der Waals surface area contributed by atoms with Gasteiger partial charge in [-0.25, -0.2) is 9.37 Å². The van der Waals surface area contributed by atoms with Crippen LogP contribution in [0.4, 0.5) is 10.1 Å². The smallest absolute Gasteiger partial charge is 0.194 e. The zero-order chi connectivity index (χ0) is 14.3. The lowest BCUT2D eigenvalue weighted by Gasteiger charge is -2.09. The minimum Gasteiger partial charge on any atom is -0.379 e. The number of fused-ring (bicyclic) bond motifs is 1. The summed E-state index contributed by atoms with van der Waals surface area (Å²) < 4.78 is 15.4. The van der Waals surface area contributed by atoms with E-state index in [1.807, 2.05) is 13.8 Å². The molecule has 104 valence electrons. The minimum absolute atomic E-state index is 0.223. The first-order valence-electron chi connectivity index (χ1n) is 6.48. The molecule has 0 aliphatic rings. The molecular weight excluding hydrogens is 273 g/mol. The molecule has 0 aliphatic heterocycles. The van der Waals surface area contributed by atoms with E-state index in [4.69, 9.17) is 0 Å². The number of nitrogens with zero attached hydrogens (tertiary/aromatic N) is 2. The van der Waals surface area contributed by atoms with Gasteiger partial charge in [-0.2, -0.15) is 0 Å². The van der Waals surface area contributed by atoms with E-state index < -0.39 is 0 Å². The van der Waals surface area contributed by atoms with Crippen molar-refractivity contribution in [2.75, 3.05) is 5.32 Å². The van der Waals surface area contributed by atoms with Gasteiger partial charge in [-0.1, -0.05) is 6.07 Å². The summed E-state index contributed by atoms with van der Waals surface area (Å²) in [5, 5.41) is 3.30. The number of anilines is 1. The molecule has 0 saturated heterocycles. The average Bonchev–Trinajstić information content (AvgIpc) is 2.86. The van der Waals surface area contributed by atoms with Crippen molar-refractivity contribution < 1.29 is 4.39 Å². The van der Waals surface area contributed by atoms with Crippen LogP contribution in [0.3, 0.4) is 0 Å². The molecule has 2 heterocycles. The molecule has 0 fully saturated rings. The number of nitrogens with one attached hydrogen (secondary N) is 1. The molecule has 0 bridgehead atoms. The van der Waals surface area contributed by atoms with Gasteiger partial charge in [-0.15, -0.1) is 11.3 Å². The molecule has 2 aromatic heterocycles. The second-order valence-corrected chi connectivity index (χ2v) is 6.16. The van der Waals surface area contributed by atoms with Crippen LogP contribution in [0.25, 0.3) is 4.96 Å². The van der Waals surface area contributed by atoms with Crippen LogP contribution in [0.5, 0.6) is 0 Å². The number of hydrogen-bond donors (Lipinski definition) is 1. The van der Waals surface area contributed by atoms with Crippen LogP contribution < -0.4 is 5.32 Å². The highest BCUT2D eigenvalue weighted by molar-refractivity contribution is 7.17. The Balaban J connectivity index is 1.89. The van der Waals surface area contributed by atoms with E-state index in [9.17, 15) is 4.39 Å². The van der Waals surface area contributed by atoms with Crippen LogP contribution in [0, 0.1) is 26.6 Å². The molecule has 3 rings (SSSR count). The highest BCUT2D eigenvalue weighted by Gasteiger charge is 2.11. The van der Waals surface area contributed by atoms with Gasteiger partial charge in [-0.3, -0.25) is 4.40 Å². The van der Waals surface area contributed by atoms with E-state index >= 15 is 0 Å². The van der Waals surface area contributed by atoms with Gasteiger partial charge in [0.15, 0.2) is 4.96 Å². The van der Waals surface area contributed by atoms with Crippen LogP contribution in [-0.2, 0) is 6.54 Å². The molecule has 1 N–H and O–H groups in total. The molecule has 0 radical (unpaired) electrons. The lowest BCUT2D eigenvalue weighted by Crippen LogP contribution is -2.05. The van der Waals surface area contributed by atoms with Crippen molar-refractivity contribution in [1.82, 2.24) is 9.38 Å². The molecule has 5 heteroatoms. The first-order chi connectivity index (χ1) is 9.54. The predicted octanol–water partition coefficient (Wildman–Crippen LogP) is 4.07. The van der Waals surface area contributed by atoms with E-state index in [1.165, 1.54) is 17.0 Å². The molecule has 0 atom stereocenters. The van der Waals surface area contributed by atoms with E-state index in [0.29, 0.717) is 6.54 Å². The summed E-state index contributed by atoms with van der Waals surface area (Å²) >= 11 is 1.68. The fraction of sp³-hybridized carbons (Fsp3) is 0.267. The maximum Gasteiger partial charge on any atom is 0.194 e. The van der Waals surface area contributed by atoms with Gasteiger partial charge in [0.1, 0.15) is 5.82 Å². The Bertz CT molecular complexity index is 773. The number of imidazole rings is 1. The van der Waals surface area contributed by atoms with Crippen molar-refractivity contribution in [3.63, 3.8) is 0 Å². The largest absolute Gasteiger partial charge is 0.379 e. The molecule has 0 aliphatic carbocycles. The van der Waals surface area contributed by atoms with Gasteiger partial charge >= 0.3 is 0 Å². The Morgan fingerprint density at radius 3 is 2.90 bits per heavy atom. The maximum absolute atomic E-state index is 13.3. The summed E-state index contributed by atoms with van der Waals surface area (Å²) in [5.41, 5.74) is 3.99. The van der Waals surface area contributed by atoms with Crippen LogP contribution in [0.1, 0.15) is 21.8 Å². The lowest BCUT2D eigenvalue weighted by atomic mass is 10.2. The van der Waals surface area contributed by atoms with Crippen molar-refractivity contribution in [3.8, 4) is 0 Å². The number of aryl methyl sites for hydroxylation is 3. The minimum atomic E-state index is -0.223. The van der Waals surface area contributed by atoms with Crippen molar-refractivity contribution in [2.24, 2.45) is 0 Å². The third-order valence-corrected chi connectivity index (χ3v) is 4.28. The van der Waals surface area contributed by atoms with Gasteiger partial charge in [0.05, 0.1) is 17.9 Å². The Morgan fingerprint density at radius 2 is 2.10 bits per heavy atom. The van der Waals surface area contributed by atoms with E-state index in [2.05, 4.69) is 27.8 Å². The Kier molecular flexibility index (Phi) is 3.22. The van der Waals surface area contributed by atoms with Gasteiger partial charge in [-0.05, 0) is 38.5 Å². The number of halogens is 1. The fourth-order valence-corrected chi connectivity index (χ4v) is 3.18. The normalized spacial score (nSPS) is 11.2. The average molecular weight is 289 g/mol. The second-order valence-electron chi connectivity index (χ2n) is 4.95. The van der Waals surface area contributed by atoms with E-state index in [0.717, 1.165) is 27.6 Å². The van der Waals surface area contributed by atoms with Crippen LogP contribution in [0.15, 0.2) is 24.4 Å². The zero-order valence-electron chi connectivity index (χ0n) is 11.7. The van der Waals surface area contributed by atoms with Crippen molar-refractivity contribution in [1.29, 1.82) is 0 Å². The summed E-state index contributed by atoms with van der Waals surface area (Å²) in [6.45, 7) is 6.68. The first kappa shape index (κ1) is 13.1. The highest BCUT2D eigenvalue weighted by atomic mass is 32.1. The maximum atomic E-state index is 13.3. The predicted molar refractivity (Wildman–Crippen MR) is 81.0 cm³/mol. The number of thiazole rings is 1. The summed E-state index contributed by atoms with van der Waals surface area (Å²) in [6.07, 6.45) is 2.09. The molecule has 1 aromatic carbocycles. The fourth-order valence-electron chi connectivity index (χ4n) is 2.29. The number of aromatic nitrogens is 2. The second kappa shape index (κ2) is 4.90. The molecule has 0 amide bonds. The van der Waals surface area contributed by atoms with Gasteiger partial charge in [0, 0.05) is 16.8 Å². The molecule has 3 aromatic rings. The zero-order valence-corrected chi connectivity index (χ0v) is 12.5. The standard InChI is InChI=1S/C15H16FN3S/c1-9-4-5-12(16)6-13(9)17-7-14-11(3)18-15-19(14)8-10(2)20-15/h4-6,8,17H,7H2,1-3H3. The monoisotopic (exact) mass is 289 g/mol. The van der Waals surface area contributed by atoms with Crippen molar-refractivity contribution in [2.45, 2.75) is 27.3 Å². The third-order valence-electron chi connectivity index (χ3n) is 3.39. The quantitative estimate of drug-likeness (QED) is 0.787. The van der Waals surface area contributed by atoms with Crippen LogP contribution in [0.2, 0.25) is 0 Å². The van der Waals surface area contributed by atoms with Crippen LogP contribution >= 0.6 is 11.3 Å². The molecule has 0 saturated carbocycles. The number of hydrogen-bond acceptors (Lipinski definition) is 3. The van der Waals surface area contributed by atoms with E-state index in [1.54, 1.807) is 17.4 Å². The third kappa shape index (κ3) is 2.29. The van der Waals surface area contributed by atoms with Gasteiger partial charge < -0.3 is 5.32 Å². The number of rotatable bonds is 3.